The molecule has 7 heteroatoms. The van der Waals surface area contributed by atoms with Gasteiger partial charge in [-0.15, -0.1) is 11.3 Å². The molecular weight excluding hydrogens is 328 g/mol. The Morgan fingerprint density at radius 1 is 1.17 bits per heavy atom. The van der Waals surface area contributed by atoms with E-state index >= 15 is 0 Å². The molecule has 3 aromatic rings. The molecule has 0 unspecified atom stereocenters. The second-order valence-electron chi connectivity index (χ2n) is 5.10. The molecule has 0 saturated heterocycles. The number of benzene rings is 1. The van der Waals surface area contributed by atoms with Crippen molar-refractivity contribution >= 4 is 34.1 Å². The Morgan fingerprint density at radius 3 is 2.75 bits per heavy atom. The number of furan rings is 1. The minimum atomic E-state index is -0.516. The fourth-order valence-corrected chi connectivity index (χ4v) is 3.07. The van der Waals surface area contributed by atoms with Crippen molar-refractivity contribution in [2.75, 3.05) is 7.11 Å². The summed E-state index contributed by atoms with van der Waals surface area (Å²) in [5, 5.41) is 2.71. The second kappa shape index (κ2) is 7.29. The third-order valence-electron chi connectivity index (χ3n) is 3.42. The standard InChI is InChI=1S/C17H16N2O4S/c1-22-10-13-12-6-2-3-7-14(12)23-16(13)17(21)19-18-15(20)9-11-5-4-8-24-11/h2-8H,9-10H2,1H3,(H,18,20)(H,19,21). The molecule has 24 heavy (non-hydrogen) atoms. The maximum atomic E-state index is 12.3. The number of carbonyl (C=O) groups is 2. The van der Waals surface area contributed by atoms with Gasteiger partial charge in [0.1, 0.15) is 5.58 Å². The number of hydrazine groups is 1. The van der Waals surface area contributed by atoms with Crippen LogP contribution in [0.25, 0.3) is 11.0 Å². The molecule has 2 aromatic heterocycles. The monoisotopic (exact) mass is 344 g/mol. The predicted octanol–water partition coefficient (Wildman–Crippen LogP) is 2.64. The molecule has 3 rings (SSSR count). The molecule has 0 bridgehead atoms. The first-order chi connectivity index (χ1) is 11.7. The number of rotatable bonds is 5. The lowest BCUT2D eigenvalue weighted by atomic mass is 10.1. The maximum Gasteiger partial charge on any atom is 0.305 e. The minimum absolute atomic E-state index is 0.134. The Hall–Kier alpha value is -2.64. The molecule has 0 aliphatic rings. The van der Waals surface area contributed by atoms with Gasteiger partial charge in [-0.1, -0.05) is 24.3 Å². The summed E-state index contributed by atoms with van der Waals surface area (Å²) in [6.07, 6.45) is 0.211. The van der Waals surface area contributed by atoms with Crippen LogP contribution < -0.4 is 10.9 Å². The summed E-state index contributed by atoms with van der Waals surface area (Å²) in [6.45, 7) is 0.239. The van der Waals surface area contributed by atoms with Crippen molar-refractivity contribution in [2.24, 2.45) is 0 Å². The van der Waals surface area contributed by atoms with E-state index in [9.17, 15) is 9.59 Å². The predicted molar refractivity (Wildman–Crippen MR) is 90.6 cm³/mol. The van der Waals surface area contributed by atoms with Crippen LogP contribution in [0.2, 0.25) is 0 Å². The highest BCUT2D eigenvalue weighted by molar-refractivity contribution is 7.10. The molecule has 0 fully saturated rings. The van der Waals surface area contributed by atoms with E-state index in [1.807, 2.05) is 35.7 Å². The van der Waals surface area contributed by atoms with E-state index in [4.69, 9.17) is 9.15 Å². The van der Waals surface area contributed by atoms with E-state index in [0.29, 0.717) is 11.1 Å². The number of para-hydroxylation sites is 1. The van der Waals surface area contributed by atoms with Gasteiger partial charge in [0, 0.05) is 22.9 Å². The van der Waals surface area contributed by atoms with Crippen molar-refractivity contribution in [3.8, 4) is 0 Å². The van der Waals surface area contributed by atoms with Gasteiger partial charge in [0.15, 0.2) is 5.76 Å². The van der Waals surface area contributed by atoms with Gasteiger partial charge in [0.2, 0.25) is 5.91 Å². The van der Waals surface area contributed by atoms with E-state index in [-0.39, 0.29) is 24.7 Å². The number of methoxy groups -OCH3 is 1. The van der Waals surface area contributed by atoms with Crippen LogP contribution in [0.4, 0.5) is 0 Å². The molecule has 0 saturated carbocycles. The first-order valence-corrected chi connectivity index (χ1v) is 8.18. The Labute approximate surface area is 142 Å². The van der Waals surface area contributed by atoms with Gasteiger partial charge < -0.3 is 9.15 Å². The highest BCUT2D eigenvalue weighted by Crippen LogP contribution is 2.26. The number of fused-ring (bicyclic) bond motifs is 1. The van der Waals surface area contributed by atoms with Gasteiger partial charge in [-0.25, -0.2) is 0 Å². The van der Waals surface area contributed by atoms with Crippen LogP contribution in [0.1, 0.15) is 21.0 Å². The second-order valence-corrected chi connectivity index (χ2v) is 6.13. The molecule has 0 spiro atoms. The SMILES string of the molecule is COCc1c(C(=O)NNC(=O)Cc2cccs2)oc2ccccc12. The zero-order valence-corrected chi connectivity index (χ0v) is 13.8. The van der Waals surface area contributed by atoms with Crippen molar-refractivity contribution in [3.63, 3.8) is 0 Å². The van der Waals surface area contributed by atoms with Gasteiger partial charge in [-0.05, 0) is 17.5 Å². The molecule has 124 valence electrons. The highest BCUT2D eigenvalue weighted by atomic mass is 32.1. The summed E-state index contributed by atoms with van der Waals surface area (Å²) in [4.78, 5) is 25.1. The van der Waals surface area contributed by atoms with Crippen LogP contribution in [0.5, 0.6) is 0 Å². The molecule has 0 atom stereocenters. The fourth-order valence-electron chi connectivity index (χ4n) is 2.37. The van der Waals surface area contributed by atoms with Crippen LogP contribution >= 0.6 is 11.3 Å². The van der Waals surface area contributed by atoms with Crippen molar-refractivity contribution in [1.29, 1.82) is 0 Å². The molecule has 2 N–H and O–H groups in total. The van der Waals surface area contributed by atoms with Gasteiger partial charge in [0.25, 0.3) is 0 Å². The first-order valence-electron chi connectivity index (χ1n) is 7.30. The Balaban J connectivity index is 1.71. The van der Waals surface area contributed by atoms with Gasteiger partial charge >= 0.3 is 5.91 Å². The largest absolute Gasteiger partial charge is 0.450 e. The topological polar surface area (TPSA) is 80.6 Å². The third-order valence-corrected chi connectivity index (χ3v) is 4.30. The van der Waals surface area contributed by atoms with Crippen LogP contribution in [0, 0.1) is 0 Å². The molecule has 2 amide bonds. The number of amides is 2. The van der Waals surface area contributed by atoms with E-state index in [1.54, 1.807) is 13.2 Å². The van der Waals surface area contributed by atoms with Gasteiger partial charge in [-0.3, -0.25) is 20.4 Å². The normalized spacial score (nSPS) is 10.7. The fraction of sp³-hybridized carbons (Fsp3) is 0.176. The molecular formula is C17H16N2O4S. The molecule has 0 aliphatic heterocycles. The van der Waals surface area contributed by atoms with Crippen LogP contribution in [0.15, 0.2) is 46.2 Å². The zero-order chi connectivity index (χ0) is 16.9. The van der Waals surface area contributed by atoms with Gasteiger partial charge in [-0.2, -0.15) is 0 Å². The summed E-state index contributed by atoms with van der Waals surface area (Å²) >= 11 is 1.49. The van der Waals surface area contributed by atoms with E-state index in [2.05, 4.69) is 10.9 Å². The molecule has 0 aliphatic carbocycles. The third kappa shape index (κ3) is 3.47. The lowest BCUT2D eigenvalue weighted by molar-refractivity contribution is -0.121. The van der Waals surface area contributed by atoms with Crippen molar-refractivity contribution in [1.82, 2.24) is 10.9 Å². The molecule has 0 radical (unpaired) electrons. The van der Waals surface area contributed by atoms with Crippen LogP contribution in [-0.4, -0.2) is 18.9 Å². The van der Waals surface area contributed by atoms with E-state index in [0.717, 1.165) is 10.3 Å². The number of carbonyl (C=O) groups excluding carboxylic acids is 2. The number of ether oxygens (including phenoxy) is 1. The lowest BCUT2D eigenvalue weighted by Crippen LogP contribution is -2.42. The Morgan fingerprint density at radius 2 is 2.00 bits per heavy atom. The first kappa shape index (κ1) is 16.2. The average molecular weight is 344 g/mol. The maximum absolute atomic E-state index is 12.3. The summed E-state index contributed by atoms with van der Waals surface area (Å²) in [5.41, 5.74) is 6.04. The summed E-state index contributed by atoms with van der Waals surface area (Å²) < 4.78 is 10.8. The smallest absolute Gasteiger partial charge is 0.305 e. The van der Waals surface area contributed by atoms with Crippen LogP contribution in [0.3, 0.4) is 0 Å². The van der Waals surface area contributed by atoms with Crippen molar-refractivity contribution in [2.45, 2.75) is 13.0 Å². The summed E-state index contributed by atoms with van der Waals surface area (Å²) in [7, 11) is 1.55. The number of nitrogens with one attached hydrogen (secondary N) is 2. The Kier molecular flexibility index (Phi) is 4.93. The quantitative estimate of drug-likeness (QED) is 0.697. The molecule has 2 heterocycles. The minimum Gasteiger partial charge on any atom is -0.450 e. The van der Waals surface area contributed by atoms with E-state index in [1.165, 1.54) is 11.3 Å². The number of thiophene rings is 1. The van der Waals surface area contributed by atoms with Crippen molar-refractivity contribution < 1.29 is 18.7 Å². The summed E-state index contributed by atoms with van der Waals surface area (Å²) in [5.74, 6) is -0.678. The van der Waals surface area contributed by atoms with Gasteiger partial charge in [0.05, 0.1) is 13.0 Å². The average Bonchev–Trinajstić information content (AvgIpc) is 3.21. The van der Waals surface area contributed by atoms with Crippen LogP contribution in [-0.2, 0) is 22.6 Å². The number of hydrogen-bond donors (Lipinski definition) is 2. The van der Waals surface area contributed by atoms with Crippen molar-refractivity contribution in [3.05, 3.63) is 58.0 Å². The lowest BCUT2D eigenvalue weighted by Gasteiger charge is -2.06. The summed E-state index contributed by atoms with van der Waals surface area (Å²) in [6, 6.07) is 11.1. The Bertz CT molecular complexity index is 855. The molecule has 6 nitrogen and oxygen atoms in total. The van der Waals surface area contributed by atoms with E-state index < -0.39 is 5.91 Å². The molecule has 1 aromatic carbocycles. The highest BCUT2D eigenvalue weighted by Gasteiger charge is 2.20. The number of hydrogen-bond acceptors (Lipinski definition) is 5. The zero-order valence-electron chi connectivity index (χ0n) is 13.0.